The summed E-state index contributed by atoms with van der Waals surface area (Å²) in [5, 5.41) is 2.72. The monoisotopic (exact) mass is 952 g/mol. The van der Waals surface area contributed by atoms with Crippen LogP contribution in [-0.4, -0.2) is 95.4 Å². The summed E-state index contributed by atoms with van der Waals surface area (Å²) in [7, 11) is -9.16. The van der Waals surface area contributed by atoms with Gasteiger partial charge in [-0.05, 0) is 43.4 Å². The minimum absolute atomic E-state index is 0.0890. The first-order valence-corrected chi connectivity index (χ1v) is 26.8. The summed E-state index contributed by atoms with van der Waals surface area (Å²) in [6.07, 6.45) is 18.5. The van der Waals surface area contributed by atoms with Gasteiger partial charge in [-0.15, -0.1) is 0 Å². The van der Waals surface area contributed by atoms with E-state index < -0.39 is 69.9 Å². The first-order valence-electron chi connectivity index (χ1n) is 24.0. The molecule has 0 aromatic heterocycles. The van der Waals surface area contributed by atoms with Gasteiger partial charge >= 0.3 is 26.8 Å². The molecule has 1 saturated heterocycles. The number of methoxy groups -OCH3 is 1. The van der Waals surface area contributed by atoms with Gasteiger partial charge in [-0.2, -0.15) is 16.8 Å². The fourth-order valence-electron chi connectivity index (χ4n) is 7.68. The molecule has 0 saturated carbocycles. The lowest BCUT2D eigenvalue weighted by atomic mass is 9.96. The maximum atomic E-state index is 13.7. The Labute approximate surface area is 384 Å². The van der Waals surface area contributed by atoms with E-state index in [0.29, 0.717) is 31.1 Å². The van der Waals surface area contributed by atoms with Crippen molar-refractivity contribution in [1.29, 1.82) is 0 Å². The maximum absolute atomic E-state index is 13.7. The molecule has 1 aromatic rings. The predicted molar refractivity (Wildman–Crippen MR) is 245 cm³/mol. The van der Waals surface area contributed by atoms with Gasteiger partial charge < -0.3 is 29.0 Å². The third-order valence-corrected chi connectivity index (χ3v) is 12.1. The molecular weight excluding hydrogens is 871 g/mol. The zero-order valence-electron chi connectivity index (χ0n) is 39.1. The van der Waals surface area contributed by atoms with Gasteiger partial charge in [0.25, 0.3) is 0 Å². The Morgan fingerprint density at radius 2 is 1.14 bits per heavy atom. The van der Waals surface area contributed by atoms with Crippen LogP contribution in [0.1, 0.15) is 187 Å². The molecule has 0 spiro atoms. The third-order valence-electron chi connectivity index (χ3n) is 11.2. The number of nitrogens with one attached hydrogen (secondary N) is 1. The van der Waals surface area contributed by atoms with Crippen molar-refractivity contribution in [2.45, 2.75) is 218 Å². The van der Waals surface area contributed by atoms with Gasteiger partial charge in [0.05, 0.1) is 19.8 Å². The van der Waals surface area contributed by atoms with Gasteiger partial charge in [-0.1, -0.05) is 155 Å². The Bertz CT molecular complexity index is 1630. The highest BCUT2D eigenvalue weighted by molar-refractivity contribution is 7.81. The molecule has 2 rings (SSSR count). The van der Waals surface area contributed by atoms with Crippen molar-refractivity contribution in [2.24, 2.45) is 0 Å². The van der Waals surface area contributed by atoms with E-state index in [9.17, 15) is 35.5 Å². The Kier molecular flexibility index (Phi) is 30.4. The zero-order valence-corrected chi connectivity index (χ0v) is 40.8. The number of esters is 1. The molecular formula is C46H81NO15S2. The van der Waals surface area contributed by atoms with Crippen LogP contribution in [0.25, 0.3) is 0 Å². The van der Waals surface area contributed by atoms with Crippen LogP contribution in [0.5, 0.6) is 11.5 Å². The zero-order chi connectivity index (χ0) is 47.1. The molecule has 1 amide bonds. The highest BCUT2D eigenvalue weighted by Crippen LogP contribution is 2.32. The number of hydrogen-bond donors (Lipinski definition) is 3. The van der Waals surface area contributed by atoms with Gasteiger partial charge in [0.15, 0.2) is 23.9 Å². The summed E-state index contributed by atoms with van der Waals surface area (Å²) < 4.78 is 105. The predicted octanol–water partition coefficient (Wildman–Crippen LogP) is 9.57. The van der Waals surface area contributed by atoms with Gasteiger partial charge in [-0.25, -0.2) is 8.37 Å². The van der Waals surface area contributed by atoms with Gasteiger partial charge in [0.2, 0.25) is 5.91 Å². The number of ether oxygens (including phenoxy) is 5. The number of rotatable bonds is 39. The van der Waals surface area contributed by atoms with E-state index in [0.717, 1.165) is 69.8 Å². The quantitative estimate of drug-likeness (QED) is 0.0318. The molecule has 64 heavy (non-hydrogen) atoms. The summed E-state index contributed by atoms with van der Waals surface area (Å²) in [6.45, 7) is 6.58. The van der Waals surface area contributed by atoms with E-state index >= 15 is 0 Å². The lowest BCUT2D eigenvalue weighted by Gasteiger charge is -2.44. The number of unbranched alkanes of at least 4 members (excludes halogenated alkanes) is 20. The second-order valence-electron chi connectivity index (χ2n) is 16.8. The third kappa shape index (κ3) is 26.5. The number of aryl methyl sites for hydroxylation is 1. The van der Waals surface area contributed by atoms with Crippen LogP contribution in [0.3, 0.4) is 0 Å². The molecule has 1 heterocycles. The Hall–Kier alpha value is -2.58. The highest BCUT2D eigenvalue weighted by Gasteiger charge is 2.52. The summed E-state index contributed by atoms with van der Waals surface area (Å²) in [5.41, 5.74) is 0.727. The number of benzene rings is 1. The van der Waals surface area contributed by atoms with Crippen LogP contribution in [0.2, 0.25) is 0 Å². The average Bonchev–Trinajstić information content (AvgIpc) is 3.24. The van der Waals surface area contributed by atoms with E-state index in [-0.39, 0.29) is 19.3 Å². The van der Waals surface area contributed by atoms with Crippen LogP contribution in [-0.2, 0) is 59.4 Å². The highest BCUT2D eigenvalue weighted by atomic mass is 32.3. The molecule has 1 fully saturated rings. The molecule has 0 aliphatic carbocycles. The van der Waals surface area contributed by atoms with Crippen LogP contribution < -0.4 is 14.8 Å². The van der Waals surface area contributed by atoms with Crippen molar-refractivity contribution in [3.8, 4) is 11.5 Å². The van der Waals surface area contributed by atoms with E-state index in [4.69, 9.17) is 27.9 Å². The van der Waals surface area contributed by atoms with Crippen LogP contribution in [0, 0.1) is 0 Å². The largest absolute Gasteiger partial charge is 0.490 e. The van der Waals surface area contributed by atoms with Gasteiger partial charge in [-0.3, -0.25) is 18.7 Å². The van der Waals surface area contributed by atoms with Crippen molar-refractivity contribution in [3.63, 3.8) is 0 Å². The number of hydrogen-bond acceptors (Lipinski definition) is 13. The van der Waals surface area contributed by atoms with Crippen LogP contribution in [0.15, 0.2) is 18.2 Å². The first-order chi connectivity index (χ1) is 30.7. The second kappa shape index (κ2) is 33.8. The van der Waals surface area contributed by atoms with Gasteiger partial charge in [0, 0.05) is 20.0 Å². The lowest BCUT2D eigenvalue weighted by Crippen LogP contribution is -2.66. The molecule has 1 aromatic carbocycles. The molecule has 3 N–H and O–H groups in total. The standard InChI is InChI=1S/C46H81NO15S2/c1-5-8-11-14-17-18-19-20-21-22-25-28-41(48)47-43-45(44(62-64(53,54)55)40(60-46(43)56-4)36-59-63(50,51)52)61-42(49)32-30-37-29-31-38(57-33-26-23-15-12-9-6-2)39(35-37)58-34-27-24-16-13-10-7-3/h29,31,35,40,43-46H,5-28,30,32-34,36H2,1-4H3,(H,47,48)(H,50,51,52)(H,53,54,55)/t40-,43-,44-,45-,46?/m1/s1. The molecule has 1 aliphatic heterocycles. The van der Waals surface area contributed by atoms with E-state index in [1.165, 1.54) is 84.2 Å². The van der Waals surface area contributed by atoms with Crippen molar-refractivity contribution in [1.82, 2.24) is 5.32 Å². The Balaban J connectivity index is 2.21. The molecule has 372 valence electrons. The molecule has 1 aliphatic rings. The Morgan fingerprint density at radius 1 is 0.641 bits per heavy atom. The SMILES string of the molecule is CCCCCCCCCCCCCC(=O)N[C@H]1C(OC)O[C@H](COS(=O)(=O)O)[C@@H](OS(=O)(=O)O)[C@@H]1OC(=O)CCc1ccc(OCCCCCCCC)c(OCCCCCCCC)c1. The van der Waals surface area contributed by atoms with Crippen molar-refractivity contribution in [2.75, 3.05) is 26.9 Å². The maximum Gasteiger partial charge on any atom is 0.397 e. The fraction of sp³-hybridized carbons (Fsp3) is 0.826. The Morgan fingerprint density at radius 3 is 1.64 bits per heavy atom. The number of amides is 1. The summed E-state index contributed by atoms with van der Waals surface area (Å²) in [6, 6.07) is 4.07. The summed E-state index contributed by atoms with van der Waals surface area (Å²) >= 11 is 0. The molecule has 16 nitrogen and oxygen atoms in total. The smallest absolute Gasteiger partial charge is 0.397 e. The van der Waals surface area contributed by atoms with Crippen LogP contribution in [0.4, 0.5) is 0 Å². The first kappa shape index (κ1) is 57.5. The van der Waals surface area contributed by atoms with Gasteiger partial charge in [0.1, 0.15) is 18.2 Å². The molecule has 0 bridgehead atoms. The van der Waals surface area contributed by atoms with Crippen molar-refractivity contribution in [3.05, 3.63) is 23.8 Å². The summed E-state index contributed by atoms with van der Waals surface area (Å²) in [4.78, 5) is 27.0. The molecule has 1 unspecified atom stereocenters. The molecule has 5 atom stereocenters. The topological polar surface area (TPSA) is 220 Å². The summed E-state index contributed by atoms with van der Waals surface area (Å²) in [5.74, 6) is -0.156. The van der Waals surface area contributed by atoms with E-state index in [1.807, 2.05) is 18.2 Å². The number of carbonyl (C=O) groups is 2. The molecule has 0 radical (unpaired) electrons. The average molecular weight is 952 g/mol. The minimum atomic E-state index is -5.30. The van der Waals surface area contributed by atoms with E-state index in [2.05, 4.69) is 30.3 Å². The van der Waals surface area contributed by atoms with E-state index in [1.54, 1.807) is 0 Å². The van der Waals surface area contributed by atoms with Crippen molar-refractivity contribution < 1.29 is 67.6 Å². The molecule has 18 heteroatoms. The second-order valence-corrected chi connectivity index (χ2v) is 19.0. The van der Waals surface area contributed by atoms with Crippen LogP contribution >= 0.6 is 0 Å². The lowest BCUT2D eigenvalue weighted by molar-refractivity contribution is -0.261. The normalized spacial score (nSPS) is 19.1. The minimum Gasteiger partial charge on any atom is -0.490 e. The fourth-order valence-corrected chi connectivity index (χ4v) is 8.50. The number of carbonyl (C=O) groups excluding carboxylic acids is 2. The van der Waals surface area contributed by atoms with Crippen molar-refractivity contribution >= 4 is 32.7 Å².